The third kappa shape index (κ3) is 2.99. The van der Waals surface area contributed by atoms with Gasteiger partial charge in [0.15, 0.2) is 0 Å². The van der Waals surface area contributed by atoms with Crippen molar-refractivity contribution in [1.82, 2.24) is 14.5 Å². The lowest BCUT2D eigenvalue weighted by Crippen LogP contribution is -1.95. The fourth-order valence-corrected chi connectivity index (χ4v) is 2.89. The molecule has 0 spiro atoms. The minimum Gasteiger partial charge on any atom is -0.337 e. The molecule has 4 nitrogen and oxygen atoms in total. The summed E-state index contributed by atoms with van der Waals surface area (Å²) in [6.45, 7) is 0. The number of benzene rings is 2. The van der Waals surface area contributed by atoms with Crippen molar-refractivity contribution < 1.29 is 4.39 Å². The summed E-state index contributed by atoms with van der Waals surface area (Å²) in [6, 6.07) is 17.6. The number of hydrogen-bond donors (Lipinski definition) is 1. The van der Waals surface area contributed by atoms with Crippen molar-refractivity contribution in [2.45, 2.75) is 0 Å². The first-order valence-electron chi connectivity index (χ1n) is 7.85. The molecule has 0 saturated carbocycles. The average Bonchev–Trinajstić information content (AvgIpc) is 3.26. The molecule has 2 aromatic heterocycles. The lowest BCUT2D eigenvalue weighted by atomic mass is 10.2. The Bertz CT molecular complexity index is 1160. The van der Waals surface area contributed by atoms with Crippen molar-refractivity contribution in [3.05, 3.63) is 83.2 Å². The van der Waals surface area contributed by atoms with Gasteiger partial charge in [-0.25, -0.2) is 9.37 Å². The fourth-order valence-electron chi connectivity index (χ4n) is 2.76. The molecule has 1 N–H and O–H groups in total. The second kappa shape index (κ2) is 6.51. The number of imidazole rings is 1. The SMILES string of the molecule is N#C/C(=C/c1cccn1-c1ccc(Cl)cc1)c1nc2ccc(F)cc2[nH]1. The number of nitriles is 1. The molecule has 0 aliphatic carbocycles. The van der Waals surface area contributed by atoms with Crippen molar-refractivity contribution in [3.63, 3.8) is 0 Å². The van der Waals surface area contributed by atoms with Gasteiger partial charge >= 0.3 is 0 Å². The number of hydrogen-bond acceptors (Lipinski definition) is 2. The summed E-state index contributed by atoms with van der Waals surface area (Å²) < 4.78 is 15.3. The van der Waals surface area contributed by atoms with Gasteiger partial charge in [0.05, 0.1) is 16.6 Å². The number of aromatic nitrogens is 3. The van der Waals surface area contributed by atoms with Gasteiger partial charge in [-0.15, -0.1) is 0 Å². The highest BCUT2D eigenvalue weighted by Crippen LogP contribution is 2.22. The quantitative estimate of drug-likeness (QED) is 0.508. The van der Waals surface area contributed by atoms with Gasteiger partial charge in [0.2, 0.25) is 0 Å². The lowest BCUT2D eigenvalue weighted by Gasteiger charge is -2.07. The molecule has 0 aliphatic heterocycles. The molecular weight excluding hydrogens is 351 g/mol. The number of H-pyrrole nitrogens is 1. The largest absolute Gasteiger partial charge is 0.337 e. The zero-order valence-corrected chi connectivity index (χ0v) is 14.2. The van der Waals surface area contributed by atoms with E-state index < -0.39 is 0 Å². The average molecular weight is 363 g/mol. The van der Waals surface area contributed by atoms with Crippen LogP contribution in [0.2, 0.25) is 5.02 Å². The number of aromatic amines is 1. The molecule has 0 amide bonds. The number of rotatable bonds is 3. The molecule has 2 aromatic carbocycles. The van der Waals surface area contributed by atoms with Crippen molar-refractivity contribution in [2.24, 2.45) is 0 Å². The fraction of sp³-hybridized carbons (Fsp3) is 0. The molecule has 0 bridgehead atoms. The summed E-state index contributed by atoms with van der Waals surface area (Å²) >= 11 is 5.95. The van der Waals surface area contributed by atoms with Crippen LogP contribution in [0.3, 0.4) is 0 Å². The van der Waals surface area contributed by atoms with Crippen molar-refractivity contribution in [1.29, 1.82) is 5.26 Å². The molecule has 126 valence electrons. The topological polar surface area (TPSA) is 57.4 Å². The molecule has 0 fully saturated rings. The van der Waals surface area contributed by atoms with E-state index in [2.05, 4.69) is 16.0 Å². The molecule has 0 aliphatic rings. The summed E-state index contributed by atoms with van der Waals surface area (Å²) in [4.78, 5) is 7.38. The summed E-state index contributed by atoms with van der Waals surface area (Å²) in [5.74, 6) is 0.0451. The Labute approximate surface area is 153 Å². The first kappa shape index (κ1) is 16.1. The summed E-state index contributed by atoms with van der Waals surface area (Å²) in [7, 11) is 0. The Hall–Kier alpha value is -3.36. The maximum atomic E-state index is 13.4. The van der Waals surface area contributed by atoms with E-state index in [1.165, 1.54) is 12.1 Å². The number of fused-ring (bicyclic) bond motifs is 1. The van der Waals surface area contributed by atoms with Crippen LogP contribution in [-0.2, 0) is 0 Å². The Morgan fingerprint density at radius 1 is 1.19 bits per heavy atom. The van der Waals surface area contributed by atoms with Crippen LogP contribution in [0.25, 0.3) is 28.4 Å². The predicted octanol–water partition coefficient (Wildman–Crippen LogP) is 5.21. The molecule has 6 heteroatoms. The van der Waals surface area contributed by atoms with E-state index in [1.54, 1.807) is 12.1 Å². The normalized spacial score (nSPS) is 11.7. The van der Waals surface area contributed by atoms with E-state index in [-0.39, 0.29) is 5.82 Å². The monoisotopic (exact) mass is 362 g/mol. The summed E-state index contributed by atoms with van der Waals surface area (Å²) in [6.07, 6.45) is 3.64. The van der Waals surface area contributed by atoms with Crippen LogP contribution >= 0.6 is 11.6 Å². The first-order chi connectivity index (χ1) is 12.6. The van der Waals surface area contributed by atoms with Gasteiger partial charge in [-0.2, -0.15) is 5.26 Å². The molecule has 26 heavy (non-hydrogen) atoms. The zero-order valence-electron chi connectivity index (χ0n) is 13.4. The highest BCUT2D eigenvalue weighted by molar-refractivity contribution is 6.30. The molecular formula is C20H12ClFN4. The molecule has 0 atom stereocenters. The van der Waals surface area contributed by atoms with Gasteiger partial charge < -0.3 is 9.55 Å². The predicted molar refractivity (Wildman–Crippen MR) is 100 cm³/mol. The van der Waals surface area contributed by atoms with Crippen molar-refractivity contribution >= 4 is 34.3 Å². The summed E-state index contributed by atoms with van der Waals surface area (Å²) in [5, 5.41) is 10.2. The smallest absolute Gasteiger partial charge is 0.149 e. The van der Waals surface area contributed by atoms with Crippen molar-refractivity contribution in [2.75, 3.05) is 0 Å². The van der Waals surface area contributed by atoms with Gasteiger partial charge in [0.1, 0.15) is 17.7 Å². The first-order valence-corrected chi connectivity index (χ1v) is 8.22. The number of nitrogens with one attached hydrogen (secondary N) is 1. The van der Waals surface area contributed by atoms with E-state index in [1.807, 2.05) is 47.2 Å². The molecule has 0 radical (unpaired) electrons. The third-order valence-electron chi connectivity index (χ3n) is 4.00. The highest BCUT2D eigenvalue weighted by atomic mass is 35.5. The van der Waals surface area contributed by atoms with E-state index >= 15 is 0 Å². The van der Waals surface area contributed by atoms with E-state index in [0.29, 0.717) is 27.5 Å². The molecule has 2 heterocycles. The molecule has 0 saturated heterocycles. The van der Waals surface area contributed by atoms with Crippen LogP contribution in [0.1, 0.15) is 11.5 Å². The second-order valence-electron chi connectivity index (χ2n) is 5.70. The van der Waals surface area contributed by atoms with E-state index in [9.17, 15) is 9.65 Å². The molecule has 4 aromatic rings. The molecule has 4 rings (SSSR count). The van der Waals surface area contributed by atoms with Crippen molar-refractivity contribution in [3.8, 4) is 11.8 Å². The minimum absolute atomic E-state index is 0.355. The van der Waals surface area contributed by atoms with Gasteiger partial charge in [0, 0.05) is 22.6 Å². The van der Waals surface area contributed by atoms with Gasteiger partial charge in [-0.1, -0.05) is 11.6 Å². The number of nitrogens with zero attached hydrogens (tertiary/aromatic N) is 3. The number of allylic oxidation sites excluding steroid dienone is 1. The van der Waals surface area contributed by atoms with Crippen LogP contribution in [0.15, 0.2) is 60.8 Å². The Morgan fingerprint density at radius 2 is 2.00 bits per heavy atom. The second-order valence-corrected chi connectivity index (χ2v) is 6.13. The van der Waals surface area contributed by atoms with E-state index in [4.69, 9.17) is 11.6 Å². The van der Waals surface area contributed by atoms with E-state index in [0.717, 1.165) is 11.4 Å². The Kier molecular flexibility index (Phi) is 4.04. The van der Waals surface area contributed by atoms with Gasteiger partial charge in [-0.3, -0.25) is 0 Å². The Balaban J connectivity index is 1.77. The minimum atomic E-state index is -0.355. The maximum absolute atomic E-state index is 13.4. The zero-order chi connectivity index (χ0) is 18.1. The van der Waals surface area contributed by atoms with Crippen LogP contribution in [0, 0.1) is 17.1 Å². The van der Waals surface area contributed by atoms with Gasteiger partial charge in [-0.05, 0) is 60.7 Å². The van der Waals surface area contributed by atoms with Crippen LogP contribution in [0.4, 0.5) is 4.39 Å². The highest BCUT2D eigenvalue weighted by Gasteiger charge is 2.10. The molecule has 0 unspecified atom stereocenters. The van der Waals surface area contributed by atoms with Crippen LogP contribution in [-0.4, -0.2) is 14.5 Å². The summed E-state index contributed by atoms with van der Waals surface area (Å²) in [5.41, 5.74) is 3.26. The standard InChI is InChI=1S/C20H12ClFN4/c21-14-3-6-16(7-4-14)26-9-1-2-17(26)10-13(12-23)20-24-18-8-5-15(22)11-19(18)25-20/h1-11H,(H,24,25)/b13-10-. The lowest BCUT2D eigenvalue weighted by molar-refractivity contribution is 0.629. The number of halogens is 2. The Morgan fingerprint density at radius 3 is 2.77 bits per heavy atom. The van der Waals surface area contributed by atoms with Crippen LogP contribution < -0.4 is 0 Å². The van der Waals surface area contributed by atoms with Crippen LogP contribution in [0.5, 0.6) is 0 Å². The third-order valence-corrected chi connectivity index (χ3v) is 4.25. The maximum Gasteiger partial charge on any atom is 0.149 e. The van der Waals surface area contributed by atoms with Gasteiger partial charge in [0.25, 0.3) is 0 Å².